The molecular formula is C16H10F4N4O. The van der Waals surface area contributed by atoms with Crippen molar-refractivity contribution in [1.82, 2.24) is 14.5 Å². The number of aromatic nitrogens is 3. The molecule has 1 amide bonds. The second-order valence-corrected chi connectivity index (χ2v) is 5.00. The van der Waals surface area contributed by atoms with Gasteiger partial charge in [-0.2, -0.15) is 13.2 Å². The number of amides is 1. The van der Waals surface area contributed by atoms with Gasteiger partial charge in [0.25, 0.3) is 5.91 Å². The van der Waals surface area contributed by atoms with Crippen molar-refractivity contribution in [2.24, 2.45) is 0 Å². The van der Waals surface area contributed by atoms with E-state index in [1.807, 2.05) is 0 Å². The molecule has 0 aliphatic carbocycles. The van der Waals surface area contributed by atoms with Gasteiger partial charge in [0.15, 0.2) is 5.82 Å². The molecule has 0 bridgehead atoms. The van der Waals surface area contributed by atoms with E-state index in [9.17, 15) is 22.4 Å². The average Bonchev–Trinajstić information content (AvgIpc) is 3.08. The van der Waals surface area contributed by atoms with Gasteiger partial charge in [-0.25, -0.2) is 14.4 Å². The van der Waals surface area contributed by atoms with E-state index in [1.54, 1.807) is 0 Å². The lowest BCUT2D eigenvalue weighted by Crippen LogP contribution is -2.18. The molecule has 3 aromatic rings. The highest BCUT2D eigenvalue weighted by molar-refractivity contribution is 6.03. The lowest BCUT2D eigenvalue weighted by molar-refractivity contribution is -0.137. The predicted molar refractivity (Wildman–Crippen MR) is 80.7 cm³/mol. The number of anilines is 1. The van der Waals surface area contributed by atoms with E-state index < -0.39 is 29.3 Å². The van der Waals surface area contributed by atoms with Gasteiger partial charge in [-0.15, -0.1) is 0 Å². The highest BCUT2D eigenvalue weighted by Gasteiger charge is 2.35. The first kappa shape index (κ1) is 16.6. The van der Waals surface area contributed by atoms with Crippen molar-refractivity contribution in [1.29, 1.82) is 0 Å². The summed E-state index contributed by atoms with van der Waals surface area (Å²) >= 11 is 0. The minimum atomic E-state index is -4.65. The summed E-state index contributed by atoms with van der Waals surface area (Å²) in [6, 6.07) is 6.84. The van der Waals surface area contributed by atoms with Crippen LogP contribution in [0.15, 0.2) is 55.1 Å². The number of carbonyl (C=O) groups is 1. The van der Waals surface area contributed by atoms with Gasteiger partial charge in [0.2, 0.25) is 0 Å². The number of hydrogen-bond donors (Lipinski definition) is 1. The molecule has 0 spiro atoms. The molecule has 0 saturated heterocycles. The summed E-state index contributed by atoms with van der Waals surface area (Å²) in [5.74, 6) is -1.80. The van der Waals surface area contributed by atoms with Crippen molar-refractivity contribution in [3.05, 3.63) is 72.2 Å². The third-order valence-electron chi connectivity index (χ3n) is 3.24. The van der Waals surface area contributed by atoms with Crippen molar-refractivity contribution >= 4 is 11.6 Å². The largest absolute Gasteiger partial charge is 0.419 e. The lowest BCUT2D eigenvalue weighted by atomic mass is 10.2. The second kappa shape index (κ2) is 6.34. The van der Waals surface area contributed by atoms with Crippen molar-refractivity contribution in [2.45, 2.75) is 6.18 Å². The number of nitrogens with zero attached hydrogens (tertiary/aromatic N) is 3. The molecule has 0 fully saturated rings. The van der Waals surface area contributed by atoms with Crippen molar-refractivity contribution < 1.29 is 22.4 Å². The topological polar surface area (TPSA) is 59.8 Å². The molecule has 25 heavy (non-hydrogen) atoms. The van der Waals surface area contributed by atoms with E-state index >= 15 is 0 Å². The molecule has 0 atom stereocenters. The van der Waals surface area contributed by atoms with E-state index in [0.717, 1.165) is 29.1 Å². The fourth-order valence-electron chi connectivity index (χ4n) is 2.14. The maximum Gasteiger partial charge on any atom is 0.419 e. The molecule has 0 aliphatic rings. The zero-order valence-electron chi connectivity index (χ0n) is 12.5. The van der Waals surface area contributed by atoms with Gasteiger partial charge in [-0.3, -0.25) is 9.36 Å². The van der Waals surface area contributed by atoms with Gasteiger partial charge in [-0.1, -0.05) is 6.07 Å². The zero-order valence-corrected chi connectivity index (χ0v) is 12.5. The summed E-state index contributed by atoms with van der Waals surface area (Å²) in [5, 5.41) is 2.38. The molecule has 2 heterocycles. The number of benzene rings is 1. The number of carbonyl (C=O) groups excluding carboxylic acids is 1. The van der Waals surface area contributed by atoms with Gasteiger partial charge in [-0.05, 0) is 30.3 Å². The maximum atomic E-state index is 13.2. The van der Waals surface area contributed by atoms with Crippen LogP contribution in [0.4, 0.5) is 23.2 Å². The summed E-state index contributed by atoms with van der Waals surface area (Å²) in [4.78, 5) is 19.7. The van der Waals surface area contributed by atoms with Crippen LogP contribution in [0.25, 0.3) is 5.82 Å². The van der Waals surface area contributed by atoms with Crippen LogP contribution in [0.1, 0.15) is 16.1 Å². The fourth-order valence-corrected chi connectivity index (χ4v) is 2.14. The number of alkyl halides is 3. The molecule has 0 saturated carbocycles. The first-order valence-corrected chi connectivity index (χ1v) is 6.98. The first-order valence-electron chi connectivity index (χ1n) is 6.98. The normalized spacial score (nSPS) is 11.4. The smallest absolute Gasteiger partial charge is 0.321 e. The predicted octanol–water partition coefficient (Wildman–Crippen LogP) is 3.68. The number of rotatable bonds is 3. The second-order valence-electron chi connectivity index (χ2n) is 5.00. The lowest BCUT2D eigenvalue weighted by Gasteiger charge is -2.13. The van der Waals surface area contributed by atoms with Crippen LogP contribution in [-0.4, -0.2) is 20.4 Å². The van der Waals surface area contributed by atoms with Crippen LogP contribution in [0.3, 0.4) is 0 Å². The molecule has 0 unspecified atom stereocenters. The van der Waals surface area contributed by atoms with E-state index in [-0.39, 0.29) is 11.4 Å². The summed E-state index contributed by atoms with van der Waals surface area (Å²) in [5.41, 5.74) is -1.09. The molecule has 1 N–H and O–H groups in total. The quantitative estimate of drug-likeness (QED) is 0.733. The van der Waals surface area contributed by atoms with Crippen LogP contribution in [-0.2, 0) is 6.18 Å². The van der Waals surface area contributed by atoms with Gasteiger partial charge in [0, 0.05) is 18.1 Å². The molecule has 9 heteroatoms. The molecule has 2 aromatic heterocycles. The Balaban J connectivity index is 1.97. The first-order chi connectivity index (χ1) is 11.8. The monoisotopic (exact) mass is 350 g/mol. The zero-order chi connectivity index (χ0) is 18.0. The Kier molecular flexibility index (Phi) is 4.22. The Labute approximate surface area is 139 Å². The van der Waals surface area contributed by atoms with Crippen LogP contribution >= 0.6 is 0 Å². The molecule has 0 radical (unpaired) electrons. The van der Waals surface area contributed by atoms with Crippen LogP contribution in [0.2, 0.25) is 0 Å². The Hall–Kier alpha value is -3.23. The molecule has 128 valence electrons. The Morgan fingerprint density at radius 1 is 1.16 bits per heavy atom. The molecule has 3 rings (SSSR count). The summed E-state index contributed by atoms with van der Waals surface area (Å²) < 4.78 is 53.7. The average molecular weight is 350 g/mol. The highest BCUT2D eigenvalue weighted by Crippen LogP contribution is 2.33. The van der Waals surface area contributed by atoms with E-state index in [4.69, 9.17) is 0 Å². The van der Waals surface area contributed by atoms with Gasteiger partial charge >= 0.3 is 6.18 Å². The van der Waals surface area contributed by atoms with E-state index in [1.165, 1.54) is 30.6 Å². The number of nitrogens with one attached hydrogen (secondary N) is 1. The van der Waals surface area contributed by atoms with E-state index in [0.29, 0.717) is 0 Å². The molecule has 1 aromatic carbocycles. The summed E-state index contributed by atoms with van der Waals surface area (Å²) in [7, 11) is 0. The van der Waals surface area contributed by atoms with Crippen molar-refractivity contribution in [3.63, 3.8) is 0 Å². The summed E-state index contributed by atoms with van der Waals surface area (Å²) in [6.45, 7) is 0. The summed E-state index contributed by atoms with van der Waals surface area (Å²) in [6.07, 6.45) is -0.927. The fraction of sp³-hybridized carbons (Fsp3) is 0.0625. The molecule has 0 aliphatic heterocycles. The Morgan fingerprint density at radius 3 is 2.60 bits per heavy atom. The van der Waals surface area contributed by atoms with Crippen LogP contribution < -0.4 is 5.32 Å². The Bertz CT molecular complexity index is 907. The molecule has 5 nitrogen and oxygen atoms in total. The number of pyridine rings is 1. The minimum Gasteiger partial charge on any atom is -0.321 e. The van der Waals surface area contributed by atoms with Crippen molar-refractivity contribution in [2.75, 3.05) is 5.32 Å². The minimum absolute atomic E-state index is 0.163. The third kappa shape index (κ3) is 3.65. The van der Waals surface area contributed by atoms with Gasteiger partial charge in [0.05, 0.1) is 5.56 Å². The third-order valence-corrected chi connectivity index (χ3v) is 3.24. The molecular weight excluding hydrogens is 340 g/mol. The SMILES string of the molecule is O=C(Nc1cccc(F)c1)c1ccc(C(F)(F)F)c(-n2ccnc2)n1. The highest BCUT2D eigenvalue weighted by atomic mass is 19.4. The Morgan fingerprint density at radius 2 is 1.96 bits per heavy atom. The number of halogens is 4. The van der Waals surface area contributed by atoms with Crippen LogP contribution in [0.5, 0.6) is 0 Å². The van der Waals surface area contributed by atoms with Gasteiger partial charge < -0.3 is 5.32 Å². The van der Waals surface area contributed by atoms with Crippen molar-refractivity contribution in [3.8, 4) is 5.82 Å². The van der Waals surface area contributed by atoms with Gasteiger partial charge in [0.1, 0.15) is 17.8 Å². The van der Waals surface area contributed by atoms with Crippen LogP contribution in [0, 0.1) is 5.82 Å². The number of imidazole rings is 1. The number of hydrogen-bond acceptors (Lipinski definition) is 3. The standard InChI is InChI=1S/C16H10F4N4O/c17-10-2-1-3-11(8-10)22-15(25)13-5-4-12(16(18,19)20)14(23-13)24-7-6-21-9-24/h1-9H,(H,22,25). The van der Waals surface area contributed by atoms with E-state index in [2.05, 4.69) is 15.3 Å². The maximum absolute atomic E-state index is 13.2.